The predicted octanol–water partition coefficient (Wildman–Crippen LogP) is 10.8. The van der Waals surface area contributed by atoms with Gasteiger partial charge < -0.3 is 0 Å². The van der Waals surface area contributed by atoms with E-state index in [9.17, 15) is 0 Å². The molecule has 4 rings (SSSR count). The Morgan fingerprint density at radius 1 is 0.970 bits per heavy atom. The van der Waals surface area contributed by atoms with Crippen LogP contribution < -0.4 is 0 Å². The average molecular weight is 455 g/mol. The van der Waals surface area contributed by atoms with Gasteiger partial charge in [-0.25, -0.2) is 0 Å². The first-order chi connectivity index (χ1) is 15.6. The zero-order valence-electron chi connectivity index (χ0n) is 24.2. The first kappa shape index (κ1) is 27.1. The van der Waals surface area contributed by atoms with E-state index < -0.39 is 0 Å². The van der Waals surface area contributed by atoms with Crippen molar-refractivity contribution < 1.29 is 0 Å². The Hall–Kier alpha value is -0.520. The first-order valence-corrected chi connectivity index (χ1v) is 14.9. The van der Waals surface area contributed by atoms with E-state index in [1.165, 1.54) is 76.2 Å². The van der Waals surface area contributed by atoms with Gasteiger partial charge in [0.2, 0.25) is 0 Å². The molecule has 0 aromatic carbocycles. The molecule has 4 aliphatic carbocycles. The molecule has 0 heterocycles. The molecule has 0 amide bonds. The van der Waals surface area contributed by atoms with E-state index in [2.05, 4.69) is 61.5 Å². The summed E-state index contributed by atoms with van der Waals surface area (Å²) in [4.78, 5) is 0. The summed E-state index contributed by atoms with van der Waals surface area (Å²) in [5.74, 6) is 4.55. The largest absolute Gasteiger partial charge is 0.0859 e. The molecule has 0 saturated heterocycles. The first-order valence-electron chi connectivity index (χ1n) is 14.9. The van der Waals surface area contributed by atoms with Gasteiger partial charge in [0, 0.05) is 0 Å². The molecular weight excluding hydrogens is 396 g/mol. The molecule has 7 atom stereocenters. The topological polar surface area (TPSA) is 0 Å². The number of allylic oxidation sites excluding steroid dienone is 4. The predicted molar refractivity (Wildman–Crippen MR) is 147 cm³/mol. The maximum absolute atomic E-state index is 2.71. The monoisotopic (exact) mass is 454 g/mol. The molecule has 0 heteroatoms. The highest BCUT2D eigenvalue weighted by Crippen LogP contribution is 2.68. The molecule has 7 unspecified atom stereocenters. The van der Waals surface area contributed by atoms with Crippen molar-refractivity contribution in [2.45, 2.75) is 140 Å². The molecule has 0 aromatic rings. The molecule has 33 heavy (non-hydrogen) atoms. The lowest BCUT2D eigenvalue weighted by Gasteiger charge is -2.61. The highest BCUT2D eigenvalue weighted by Gasteiger charge is 2.58. The molecular formula is C33H58. The standard InChI is InChI=1S/C31H52.C2H6/c1-9-23-17-19-31(8)27-18-20-30(7)25(22(4)12-10-11-21(2)3)14-15-26(30)24(27)13-16-28(31)29(23,5)6;1-2/h11,22-23,25-26,28H,9-10,12-20H2,1-8H3;1-2H3. The summed E-state index contributed by atoms with van der Waals surface area (Å²) in [6, 6.07) is 0. The van der Waals surface area contributed by atoms with E-state index in [0.717, 1.165) is 29.6 Å². The van der Waals surface area contributed by atoms with E-state index in [-0.39, 0.29) is 0 Å². The normalized spacial score (nSPS) is 40.1. The van der Waals surface area contributed by atoms with Gasteiger partial charge >= 0.3 is 0 Å². The fraction of sp³-hybridized carbons (Fsp3) is 0.879. The average Bonchev–Trinajstić information content (AvgIpc) is 3.12. The lowest BCUT2D eigenvalue weighted by Crippen LogP contribution is -2.51. The Balaban J connectivity index is 0.00000149. The number of fused-ring (bicyclic) bond motifs is 4. The zero-order valence-corrected chi connectivity index (χ0v) is 24.2. The van der Waals surface area contributed by atoms with E-state index in [0.29, 0.717) is 16.2 Å². The number of rotatable bonds is 5. The minimum Gasteiger partial charge on any atom is -0.0859 e. The molecule has 0 radical (unpaired) electrons. The minimum atomic E-state index is 0.497. The van der Waals surface area contributed by atoms with E-state index in [1.54, 1.807) is 0 Å². The fourth-order valence-electron chi connectivity index (χ4n) is 9.92. The summed E-state index contributed by atoms with van der Waals surface area (Å²) in [6.07, 6.45) is 18.2. The minimum absolute atomic E-state index is 0.497. The van der Waals surface area contributed by atoms with E-state index >= 15 is 0 Å². The third kappa shape index (κ3) is 4.56. The van der Waals surface area contributed by atoms with Crippen LogP contribution in [-0.4, -0.2) is 0 Å². The molecule has 2 saturated carbocycles. The van der Waals surface area contributed by atoms with Crippen molar-refractivity contribution in [3.8, 4) is 0 Å². The van der Waals surface area contributed by atoms with Crippen LogP contribution in [0.1, 0.15) is 140 Å². The van der Waals surface area contributed by atoms with Crippen molar-refractivity contribution in [3.63, 3.8) is 0 Å². The summed E-state index contributed by atoms with van der Waals surface area (Å²) in [5.41, 5.74) is 7.03. The van der Waals surface area contributed by atoms with Crippen LogP contribution in [0.2, 0.25) is 0 Å². The summed E-state index contributed by atoms with van der Waals surface area (Å²) in [5, 5.41) is 0. The van der Waals surface area contributed by atoms with Gasteiger partial charge in [0.1, 0.15) is 0 Å². The van der Waals surface area contributed by atoms with Crippen molar-refractivity contribution >= 4 is 0 Å². The van der Waals surface area contributed by atoms with Crippen molar-refractivity contribution in [2.24, 2.45) is 45.8 Å². The maximum atomic E-state index is 2.71. The second kappa shape index (κ2) is 10.2. The van der Waals surface area contributed by atoms with Gasteiger partial charge in [0.25, 0.3) is 0 Å². The molecule has 0 N–H and O–H groups in total. The molecule has 0 spiro atoms. The Morgan fingerprint density at radius 3 is 2.30 bits per heavy atom. The van der Waals surface area contributed by atoms with Crippen LogP contribution in [0.15, 0.2) is 22.8 Å². The quantitative estimate of drug-likeness (QED) is 0.362. The van der Waals surface area contributed by atoms with Gasteiger partial charge in [-0.05, 0) is 124 Å². The second-order valence-corrected chi connectivity index (χ2v) is 13.6. The highest BCUT2D eigenvalue weighted by atomic mass is 14.6. The van der Waals surface area contributed by atoms with Crippen molar-refractivity contribution in [1.29, 1.82) is 0 Å². The van der Waals surface area contributed by atoms with Crippen LogP contribution in [0.5, 0.6) is 0 Å². The molecule has 0 aliphatic heterocycles. The van der Waals surface area contributed by atoms with Crippen molar-refractivity contribution in [2.75, 3.05) is 0 Å². The van der Waals surface area contributed by atoms with Gasteiger partial charge in [0.15, 0.2) is 0 Å². The Kier molecular flexibility index (Phi) is 8.39. The number of hydrogen-bond donors (Lipinski definition) is 0. The molecule has 190 valence electrons. The van der Waals surface area contributed by atoms with Crippen LogP contribution in [-0.2, 0) is 0 Å². The lowest BCUT2D eigenvalue weighted by molar-refractivity contribution is -0.0471. The van der Waals surface area contributed by atoms with E-state index in [1.807, 2.05) is 25.0 Å². The summed E-state index contributed by atoms with van der Waals surface area (Å²) in [6.45, 7) is 24.2. The molecule has 4 aliphatic rings. The third-order valence-corrected chi connectivity index (χ3v) is 11.6. The molecule has 0 aromatic heterocycles. The maximum Gasteiger partial charge on any atom is -0.00799 e. The van der Waals surface area contributed by atoms with Crippen LogP contribution in [0, 0.1) is 45.8 Å². The Morgan fingerprint density at radius 2 is 1.67 bits per heavy atom. The highest BCUT2D eigenvalue weighted by molar-refractivity contribution is 5.35. The number of hydrogen-bond acceptors (Lipinski definition) is 0. The zero-order chi connectivity index (χ0) is 24.6. The molecule has 0 nitrogen and oxygen atoms in total. The van der Waals surface area contributed by atoms with E-state index in [4.69, 9.17) is 0 Å². The van der Waals surface area contributed by atoms with Gasteiger partial charge in [-0.15, -0.1) is 0 Å². The second-order valence-electron chi connectivity index (χ2n) is 13.6. The van der Waals surface area contributed by atoms with Crippen molar-refractivity contribution in [3.05, 3.63) is 22.8 Å². The molecule has 0 bridgehead atoms. The molecule has 2 fully saturated rings. The van der Waals surface area contributed by atoms with Gasteiger partial charge in [-0.3, -0.25) is 0 Å². The van der Waals surface area contributed by atoms with Gasteiger partial charge in [0.05, 0.1) is 0 Å². The lowest BCUT2D eigenvalue weighted by atomic mass is 9.44. The van der Waals surface area contributed by atoms with Gasteiger partial charge in [-0.2, -0.15) is 0 Å². The summed E-state index contributed by atoms with van der Waals surface area (Å²) >= 11 is 0. The third-order valence-electron chi connectivity index (χ3n) is 11.6. The summed E-state index contributed by atoms with van der Waals surface area (Å²) < 4.78 is 0. The fourth-order valence-corrected chi connectivity index (χ4v) is 9.92. The van der Waals surface area contributed by atoms with Crippen LogP contribution in [0.3, 0.4) is 0 Å². The Labute approximate surface area is 208 Å². The smallest absolute Gasteiger partial charge is 0.00799 e. The van der Waals surface area contributed by atoms with Crippen LogP contribution in [0.25, 0.3) is 0 Å². The summed E-state index contributed by atoms with van der Waals surface area (Å²) in [7, 11) is 0. The van der Waals surface area contributed by atoms with Crippen LogP contribution >= 0.6 is 0 Å². The van der Waals surface area contributed by atoms with Gasteiger partial charge in [-0.1, -0.05) is 84.6 Å². The Bertz CT molecular complexity index is 731. The SMILES string of the molecule is CC.CCC1CCC2(C)C3=C(CCC2C1(C)C)C1CCC(C(C)CCC=C(C)C)C1(C)CC3. The van der Waals surface area contributed by atoms with Crippen LogP contribution in [0.4, 0.5) is 0 Å². The van der Waals surface area contributed by atoms with Crippen molar-refractivity contribution in [1.82, 2.24) is 0 Å².